The van der Waals surface area contributed by atoms with Crippen LogP contribution in [0.1, 0.15) is 23.1 Å². The minimum absolute atomic E-state index is 0.0775. The van der Waals surface area contributed by atoms with E-state index in [9.17, 15) is 4.79 Å². The van der Waals surface area contributed by atoms with Crippen molar-refractivity contribution in [2.45, 2.75) is 18.4 Å². The average Bonchev–Trinajstić information content (AvgIpc) is 3.02. The van der Waals surface area contributed by atoms with Gasteiger partial charge in [0, 0.05) is 25.0 Å². The van der Waals surface area contributed by atoms with E-state index in [2.05, 4.69) is 21.7 Å². The molecule has 0 aromatic heterocycles. The Morgan fingerprint density at radius 3 is 3.00 bits per heavy atom. The molecule has 1 fully saturated rings. The number of aliphatic imine (C=N–C) groups is 1. The Labute approximate surface area is 118 Å². The lowest BCUT2D eigenvalue weighted by molar-refractivity contribution is -0.124. The number of nitrogens with one attached hydrogen (secondary N) is 2. The molecule has 20 heavy (non-hydrogen) atoms. The van der Waals surface area contributed by atoms with Gasteiger partial charge in [0.25, 0.3) is 0 Å². The van der Waals surface area contributed by atoms with E-state index in [1.54, 1.807) is 19.5 Å². The fraction of sp³-hybridized carbons (Fsp3) is 0.333. The maximum Gasteiger partial charge on any atom is 0.245 e. The molecule has 104 valence electrons. The normalized spacial score (nSPS) is 25.4. The molecule has 1 aliphatic carbocycles. The average molecular weight is 270 g/mol. The summed E-state index contributed by atoms with van der Waals surface area (Å²) in [7, 11) is 1.72. The Kier molecular flexibility index (Phi) is 3.06. The van der Waals surface area contributed by atoms with Crippen molar-refractivity contribution in [3.8, 4) is 0 Å². The largest absolute Gasteiger partial charge is 0.404 e. The molecule has 5 heteroatoms. The first kappa shape index (κ1) is 12.9. The van der Waals surface area contributed by atoms with Gasteiger partial charge in [-0.1, -0.05) is 18.2 Å². The van der Waals surface area contributed by atoms with Crippen molar-refractivity contribution in [1.29, 1.82) is 0 Å². The van der Waals surface area contributed by atoms with Gasteiger partial charge in [-0.25, -0.2) is 0 Å². The van der Waals surface area contributed by atoms with E-state index in [4.69, 9.17) is 5.73 Å². The Hall–Kier alpha value is -2.14. The van der Waals surface area contributed by atoms with Crippen LogP contribution in [0.5, 0.6) is 0 Å². The van der Waals surface area contributed by atoms with E-state index in [0.29, 0.717) is 6.67 Å². The third-order valence-corrected chi connectivity index (χ3v) is 4.14. The molecule has 0 bridgehead atoms. The Bertz CT molecular complexity index is 620. The zero-order valence-corrected chi connectivity index (χ0v) is 11.4. The monoisotopic (exact) mass is 270 g/mol. The first-order valence-electron chi connectivity index (χ1n) is 6.72. The van der Waals surface area contributed by atoms with Crippen LogP contribution in [0.25, 0.3) is 5.57 Å². The maximum absolute atomic E-state index is 12.1. The summed E-state index contributed by atoms with van der Waals surface area (Å²) >= 11 is 0. The summed E-state index contributed by atoms with van der Waals surface area (Å²) in [4.78, 5) is 16.1. The van der Waals surface area contributed by atoms with E-state index >= 15 is 0 Å². The number of hydrogen-bond acceptors (Lipinski definition) is 4. The third kappa shape index (κ3) is 1.74. The number of hydrogen-bond donors (Lipinski definition) is 3. The highest BCUT2D eigenvalue weighted by Crippen LogP contribution is 2.39. The van der Waals surface area contributed by atoms with Gasteiger partial charge < -0.3 is 11.1 Å². The number of aryl methyl sites for hydroxylation is 1. The summed E-state index contributed by atoms with van der Waals surface area (Å²) in [5.41, 5.74) is 9.33. The number of amides is 1. The molecule has 1 aromatic carbocycles. The van der Waals surface area contributed by atoms with Gasteiger partial charge in [0.15, 0.2) is 0 Å². The zero-order valence-electron chi connectivity index (χ0n) is 11.4. The van der Waals surface area contributed by atoms with Gasteiger partial charge in [-0.3, -0.25) is 15.1 Å². The SMILES string of the molecule is CN=CC(=CN)c1ccc2c(c1)CCC21NCNC1=O. The van der Waals surface area contributed by atoms with Crippen LogP contribution in [-0.4, -0.2) is 25.8 Å². The molecule has 0 saturated carbocycles. The number of benzene rings is 1. The molecule has 1 atom stereocenters. The quantitative estimate of drug-likeness (QED) is 0.685. The molecule has 1 heterocycles. The first-order chi connectivity index (χ1) is 9.71. The molecule has 5 nitrogen and oxygen atoms in total. The van der Waals surface area contributed by atoms with Crippen molar-refractivity contribution < 1.29 is 4.79 Å². The molecule has 3 rings (SSSR count). The molecule has 2 aliphatic rings. The van der Waals surface area contributed by atoms with E-state index in [0.717, 1.165) is 29.5 Å². The summed E-state index contributed by atoms with van der Waals surface area (Å²) in [5, 5.41) is 6.16. The third-order valence-electron chi connectivity index (χ3n) is 4.14. The lowest BCUT2D eigenvalue weighted by Gasteiger charge is -2.21. The van der Waals surface area contributed by atoms with Crippen LogP contribution in [0.3, 0.4) is 0 Å². The van der Waals surface area contributed by atoms with Crippen LogP contribution >= 0.6 is 0 Å². The van der Waals surface area contributed by atoms with Crippen molar-refractivity contribution in [3.05, 3.63) is 41.1 Å². The van der Waals surface area contributed by atoms with Crippen molar-refractivity contribution in [3.63, 3.8) is 0 Å². The molecule has 1 aromatic rings. The van der Waals surface area contributed by atoms with Crippen LogP contribution in [0.4, 0.5) is 0 Å². The lowest BCUT2D eigenvalue weighted by atomic mass is 9.91. The lowest BCUT2D eigenvalue weighted by Crippen LogP contribution is -2.41. The zero-order chi connectivity index (χ0) is 14.2. The van der Waals surface area contributed by atoms with Crippen LogP contribution in [0.15, 0.2) is 29.4 Å². The van der Waals surface area contributed by atoms with Gasteiger partial charge in [-0.2, -0.15) is 0 Å². The second kappa shape index (κ2) is 4.76. The van der Waals surface area contributed by atoms with E-state index in [1.807, 2.05) is 12.1 Å². The van der Waals surface area contributed by atoms with Crippen molar-refractivity contribution in [2.75, 3.05) is 13.7 Å². The van der Waals surface area contributed by atoms with Gasteiger partial charge >= 0.3 is 0 Å². The van der Waals surface area contributed by atoms with Crippen LogP contribution in [-0.2, 0) is 16.8 Å². The number of allylic oxidation sites excluding steroid dienone is 1. The Morgan fingerprint density at radius 1 is 1.50 bits per heavy atom. The summed E-state index contributed by atoms with van der Waals surface area (Å²) in [5.74, 6) is 0.0775. The fourth-order valence-corrected chi connectivity index (χ4v) is 3.13. The minimum atomic E-state index is -0.528. The van der Waals surface area contributed by atoms with Gasteiger partial charge in [0.1, 0.15) is 5.54 Å². The van der Waals surface area contributed by atoms with Crippen molar-refractivity contribution >= 4 is 17.7 Å². The van der Waals surface area contributed by atoms with Gasteiger partial charge in [-0.05, 0) is 29.5 Å². The highest BCUT2D eigenvalue weighted by molar-refractivity contribution is 6.09. The number of carbonyl (C=O) groups is 1. The number of fused-ring (bicyclic) bond motifs is 2. The number of rotatable bonds is 2. The summed E-state index contributed by atoms with van der Waals surface area (Å²) in [6, 6.07) is 6.14. The van der Waals surface area contributed by atoms with Gasteiger partial charge in [-0.15, -0.1) is 0 Å². The molecule has 1 spiro atoms. The smallest absolute Gasteiger partial charge is 0.245 e. The molecule has 1 unspecified atom stereocenters. The summed E-state index contributed by atoms with van der Waals surface area (Å²) < 4.78 is 0. The maximum atomic E-state index is 12.1. The molecular weight excluding hydrogens is 252 g/mol. The standard InChI is InChI=1S/C15H18N4O/c1-17-8-12(7-16)10-2-3-13-11(6-10)4-5-15(13)14(20)18-9-19-15/h2-3,6-8,19H,4-5,9,16H2,1H3,(H,18,20). The summed E-state index contributed by atoms with van der Waals surface area (Å²) in [6.07, 6.45) is 5.00. The highest BCUT2D eigenvalue weighted by Gasteiger charge is 2.47. The van der Waals surface area contributed by atoms with Crippen molar-refractivity contribution in [2.24, 2.45) is 10.7 Å². The number of nitrogens with two attached hydrogens (primary N) is 1. The van der Waals surface area contributed by atoms with E-state index in [-0.39, 0.29) is 5.91 Å². The van der Waals surface area contributed by atoms with E-state index in [1.165, 1.54) is 5.56 Å². The van der Waals surface area contributed by atoms with Crippen LogP contribution in [0.2, 0.25) is 0 Å². The Balaban J connectivity index is 2.03. The summed E-state index contributed by atoms with van der Waals surface area (Å²) in [6.45, 7) is 0.538. The molecule has 0 radical (unpaired) electrons. The number of carbonyl (C=O) groups excluding carboxylic acids is 1. The Morgan fingerprint density at radius 2 is 2.35 bits per heavy atom. The highest BCUT2D eigenvalue weighted by atomic mass is 16.2. The predicted molar refractivity (Wildman–Crippen MR) is 79.2 cm³/mol. The molecule has 4 N–H and O–H groups in total. The molecule has 1 aliphatic heterocycles. The predicted octanol–water partition coefficient (Wildman–Crippen LogP) is 0.505. The van der Waals surface area contributed by atoms with Crippen LogP contribution in [0, 0.1) is 0 Å². The molecular formula is C15H18N4O. The molecule has 1 saturated heterocycles. The van der Waals surface area contributed by atoms with Gasteiger partial charge in [0.2, 0.25) is 5.91 Å². The second-order valence-corrected chi connectivity index (χ2v) is 5.15. The first-order valence-corrected chi connectivity index (χ1v) is 6.72. The fourth-order valence-electron chi connectivity index (χ4n) is 3.13. The second-order valence-electron chi connectivity index (χ2n) is 5.15. The molecule has 1 amide bonds. The van der Waals surface area contributed by atoms with Gasteiger partial charge in [0.05, 0.1) is 6.67 Å². The van der Waals surface area contributed by atoms with Crippen LogP contribution < -0.4 is 16.4 Å². The topological polar surface area (TPSA) is 79.5 Å². The minimum Gasteiger partial charge on any atom is -0.404 e. The number of nitrogens with zero attached hydrogens (tertiary/aromatic N) is 1. The van der Waals surface area contributed by atoms with E-state index < -0.39 is 5.54 Å². The van der Waals surface area contributed by atoms with Crippen molar-refractivity contribution in [1.82, 2.24) is 10.6 Å².